The van der Waals surface area contributed by atoms with Gasteiger partial charge in [0.1, 0.15) is 11.6 Å². The summed E-state index contributed by atoms with van der Waals surface area (Å²) in [5, 5.41) is 11.2. The van der Waals surface area contributed by atoms with E-state index < -0.39 is 11.1 Å². The number of nitrogens with one attached hydrogen (secondary N) is 1. The van der Waals surface area contributed by atoms with E-state index in [2.05, 4.69) is 15.5 Å². The van der Waals surface area contributed by atoms with E-state index in [4.69, 9.17) is 0 Å². The van der Waals surface area contributed by atoms with Crippen molar-refractivity contribution in [2.45, 2.75) is 17.3 Å². The highest BCUT2D eigenvalue weighted by Gasteiger charge is 2.22. The molecule has 31 heavy (non-hydrogen) atoms. The second kappa shape index (κ2) is 9.09. The molecule has 0 fully saturated rings. The second-order valence-electron chi connectivity index (χ2n) is 6.74. The molecule has 4 rings (SSSR count). The van der Waals surface area contributed by atoms with Crippen LogP contribution in [0, 0.1) is 11.6 Å². The maximum Gasteiger partial charge on any atom is 0.237 e. The Kier molecular flexibility index (Phi) is 6.08. The fraction of sp³-hybridized carbons (Fsp3) is 0.0870. The van der Waals surface area contributed by atoms with Crippen molar-refractivity contribution in [2.75, 3.05) is 5.32 Å². The first-order valence-corrected chi connectivity index (χ1v) is 10.4. The largest absolute Gasteiger partial charge is 0.325 e. The molecule has 0 spiro atoms. The van der Waals surface area contributed by atoms with E-state index in [9.17, 15) is 13.6 Å². The first-order valence-electron chi connectivity index (χ1n) is 9.51. The lowest BCUT2D eigenvalue weighted by atomic mass is 10.2. The van der Waals surface area contributed by atoms with Gasteiger partial charge in [-0.15, -0.1) is 10.2 Å². The third kappa shape index (κ3) is 4.80. The van der Waals surface area contributed by atoms with Crippen molar-refractivity contribution >= 4 is 23.4 Å². The van der Waals surface area contributed by atoms with Crippen LogP contribution in [0.5, 0.6) is 0 Å². The third-order valence-electron chi connectivity index (χ3n) is 4.49. The van der Waals surface area contributed by atoms with Gasteiger partial charge >= 0.3 is 0 Å². The molecule has 1 amide bonds. The number of benzene rings is 3. The van der Waals surface area contributed by atoms with Gasteiger partial charge in [0.05, 0.1) is 5.25 Å². The molecule has 0 saturated heterocycles. The molecule has 0 aliphatic carbocycles. The highest BCUT2D eigenvalue weighted by Crippen LogP contribution is 2.30. The summed E-state index contributed by atoms with van der Waals surface area (Å²) in [7, 11) is 0. The molecule has 0 saturated carbocycles. The lowest BCUT2D eigenvalue weighted by molar-refractivity contribution is -0.115. The van der Waals surface area contributed by atoms with E-state index in [1.807, 2.05) is 30.3 Å². The van der Waals surface area contributed by atoms with Crippen LogP contribution in [0.15, 0.2) is 84.0 Å². The average Bonchev–Trinajstić information content (AvgIpc) is 3.18. The highest BCUT2D eigenvalue weighted by molar-refractivity contribution is 8.00. The van der Waals surface area contributed by atoms with Gasteiger partial charge in [-0.05, 0) is 49.4 Å². The molecule has 1 aromatic heterocycles. The molecular weight excluding hydrogens is 418 g/mol. The van der Waals surface area contributed by atoms with E-state index in [0.717, 1.165) is 5.56 Å². The SMILES string of the molecule is CC(Sc1nnc(-c2ccccc2)n1-c1ccc(F)cc1)C(=O)Nc1cccc(F)c1. The Morgan fingerprint density at radius 2 is 1.68 bits per heavy atom. The Balaban J connectivity index is 1.64. The third-order valence-corrected chi connectivity index (χ3v) is 5.54. The molecule has 4 aromatic rings. The first-order chi connectivity index (χ1) is 15.0. The quantitative estimate of drug-likeness (QED) is 0.415. The van der Waals surface area contributed by atoms with Gasteiger partial charge in [0.25, 0.3) is 0 Å². The summed E-state index contributed by atoms with van der Waals surface area (Å²) in [5.74, 6) is -0.505. The van der Waals surface area contributed by atoms with Gasteiger partial charge in [-0.1, -0.05) is 48.2 Å². The molecule has 156 valence electrons. The van der Waals surface area contributed by atoms with Crippen molar-refractivity contribution in [3.05, 3.63) is 90.5 Å². The van der Waals surface area contributed by atoms with Crippen molar-refractivity contribution < 1.29 is 13.6 Å². The van der Waals surface area contributed by atoms with E-state index in [-0.39, 0.29) is 11.7 Å². The molecular formula is C23H18F2N4OS. The van der Waals surface area contributed by atoms with Crippen molar-refractivity contribution in [3.8, 4) is 17.1 Å². The fourth-order valence-corrected chi connectivity index (χ4v) is 3.83. The molecule has 8 heteroatoms. The minimum atomic E-state index is -0.546. The Labute approximate surface area is 182 Å². The summed E-state index contributed by atoms with van der Waals surface area (Å²) in [6.45, 7) is 1.73. The molecule has 5 nitrogen and oxygen atoms in total. The molecule has 0 aliphatic rings. The minimum Gasteiger partial charge on any atom is -0.325 e. The van der Waals surface area contributed by atoms with Gasteiger partial charge in [-0.3, -0.25) is 9.36 Å². The Bertz CT molecular complexity index is 1200. The van der Waals surface area contributed by atoms with Gasteiger partial charge < -0.3 is 5.32 Å². The van der Waals surface area contributed by atoms with Gasteiger partial charge in [0.15, 0.2) is 11.0 Å². The molecule has 1 N–H and O–H groups in total. The molecule has 1 unspecified atom stereocenters. The maximum absolute atomic E-state index is 13.5. The van der Waals surface area contributed by atoms with E-state index in [1.54, 1.807) is 29.7 Å². The van der Waals surface area contributed by atoms with E-state index in [0.29, 0.717) is 22.4 Å². The number of anilines is 1. The van der Waals surface area contributed by atoms with Gasteiger partial charge in [0, 0.05) is 16.9 Å². The van der Waals surface area contributed by atoms with Gasteiger partial charge in [0.2, 0.25) is 5.91 Å². The number of carbonyl (C=O) groups excluding carboxylic acids is 1. The summed E-state index contributed by atoms with van der Waals surface area (Å²) < 4.78 is 28.7. The number of aromatic nitrogens is 3. The predicted octanol–water partition coefficient (Wildman–Crippen LogP) is 5.33. The normalized spacial score (nSPS) is 11.8. The molecule has 0 radical (unpaired) electrons. The Morgan fingerprint density at radius 1 is 0.935 bits per heavy atom. The standard InChI is InChI=1S/C23H18F2N4OS/c1-15(22(30)26-19-9-5-8-18(25)14-19)31-23-28-27-21(16-6-3-2-4-7-16)29(23)20-12-10-17(24)11-13-20/h2-15H,1H3,(H,26,30). The highest BCUT2D eigenvalue weighted by atomic mass is 32.2. The van der Waals surface area contributed by atoms with E-state index >= 15 is 0 Å². The summed E-state index contributed by atoms with van der Waals surface area (Å²) in [5.41, 5.74) is 1.89. The molecule has 0 aliphatic heterocycles. The van der Waals surface area contributed by atoms with Gasteiger partial charge in [-0.2, -0.15) is 0 Å². The zero-order valence-corrected chi connectivity index (χ0v) is 17.3. The average molecular weight is 436 g/mol. The Hall–Kier alpha value is -3.52. The topological polar surface area (TPSA) is 59.8 Å². The van der Waals surface area contributed by atoms with Crippen LogP contribution in [0.2, 0.25) is 0 Å². The number of hydrogen-bond acceptors (Lipinski definition) is 4. The summed E-state index contributed by atoms with van der Waals surface area (Å²) in [6, 6.07) is 21.2. The number of hydrogen-bond donors (Lipinski definition) is 1. The van der Waals surface area contributed by atoms with Crippen LogP contribution in [0.3, 0.4) is 0 Å². The van der Waals surface area contributed by atoms with E-state index in [1.165, 1.54) is 42.1 Å². The molecule has 1 atom stereocenters. The predicted molar refractivity (Wildman–Crippen MR) is 117 cm³/mol. The summed E-state index contributed by atoms with van der Waals surface area (Å²) in [4.78, 5) is 12.6. The van der Waals surface area contributed by atoms with Crippen LogP contribution in [-0.2, 0) is 4.79 Å². The van der Waals surface area contributed by atoms with Crippen LogP contribution in [-0.4, -0.2) is 25.9 Å². The van der Waals surface area contributed by atoms with Crippen LogP contribution in [0.1, 0.15) is 6.92 Å². The summed E-state index contributed by atoms with van der Waals surface area (Å²) in [6.07, 6.45) is 0. The van der Waals surface area contributed by atoms with Crippen molar-refractivity contribution in [1.82, 2.24) is 14.8 Å². The number of amides is 1. The molecule has 3 aromatic carbocycles. The number of halogens is 2. The molecule has 1 heterocycles. The van der Waals surface area contributed by atoms with Crippen molar-refractivity contribution in [2.24, 2.45) is 0 Å². The maximum atomic E-state index is 13.5. The zero-order chi connectivity index (χ0) is 21.8. The monoisotopic (exact) mass is 436 g/mol. The number of thioether (sulfide) groups is 1. The Morgan fingerprint density at radius 3 is 2.39 bits per heavy atom. The molecule has 0 bridgehead atoms. The fourth-order valence-electron chi connectivity index (χ4n) is 2.97. The van der Waals surface area contributed by atoms with Crippen LogP contribution in [0.4, 0.5) is 14.5 Å². The number of nitrogens with zero attached hydrogens (tertiary/aromatic N) is 3. The van der Waals surface area contributed by atoms with Crippen LogP contribution >= 0.6 is 11.8 Å². The van der Waals surface area contributed by atoms with Crippen LogP contribution < -0.4 is 5.32 Å². The van der Waals surface area contributed by atoms with Crippen molar-refractivity contribution in [1.29, 1.82) is 0 Å². The van der Waals surface area contributed by atoms with Gasteiger partial charge in [-0.25, -0.2) is 8.78 Å². The zero-order valence-electron chi connectivity index (χ0n) is 16.5. The van der Waals surface area contributed by atoms with Crippen LogP contribution in [0.25, 0.3) is 17.1 Å². The van der Waals surface area contributed by atoms with Crippen molar-refractivity contribution in [3.63, 3.8) is 0 Å². The second-order valence-corrected chi connectivity index (χ2v) is 8.05. The first kappa shape index (κ1) is 20.7. The number of rotatable bonds is 6. The smallest absolute Gasteiger partial charge is 0.237 e. The number of carbonyl (C=O) groups is 1. The minimum absolute atomic E-state index is 0.300. The lowest BCUT2D eigenvalue weighted by Gasteiger charge is -2.14. The lowest BCUT2D eigenvalue weighted by Crippen LogP contribution is -2.23. The summed E-state index contributed by atoms with van der Waals surface area (Å²) >= 11 is 1.21.